The Balaban J connectivity index is 2.26. The first-order valence-corrected chi connectivity index (χ1v) is 8.47. The zero-order chi connectivity index (χ0) is 17.0. The lowest BCUT2D eigenvalue weighted by Crippen LogP contribution is -2.49. The summed E-state index contributed by atoms with van der Waals surface area (Å²) < 4.78 is 5.23. The normalized spacial score (nSPS) is 20.5. The molecule has 23 heavy (non-hydrogen) atoms. The molecule has 2 rings (SSSR count). The monoisotopic (exact) mass is 340 g/mol. The summed E-state index contributed by atoms with van der Waals surface area (Å²) in [6, 6.07) is 1.64. The molecule has 1 aliphatic heterocycles. The van der Waals surface area contributed by atoms with Gasteiger partial charge in [0.15, 0.2) is 5.75 Å². The number of hydrogen-bond donors (Lipinski definition) is 3. The summed E-state index contributed by atoms with van der Waals surface area (Å²) in [6.45, 7) is 5.49. The molecule has 1 heterocycles. The molecule has 1 atom stereocenters. The first-order chi connectivity index (χ1) is 11.0. The van der Waals surface area contributed by atoms with Gasteiger partial charge in [-0.1, -0.05) is 25.4 Å². The van der Waals surface area contributed by atoms with Gasteiger partial charge >= 0.3 is 0 Å². The second-order valence-electron chi connectivity index (χ2n) is 5.97. The number of aromatic hydroxyl groups is 1. The van der Waals surface area contributed by atoms with E-state index in [9.17, 15) is 9.90 Å². The van der Waals surface area contributed by atoms with Crippen molar-refractivity contribution >= 4 is 17.5 Å². The van der Waals surface area contributed by atoms with E-state index in [0.29, 0.717) is 23.6 Å². The summed E-state index contributed by atoms with van der Waals surface area (Å²) in [5.41, 5.74) is 0.677. The highest BCUT2D eigenvalue weighted by Gasteiger charge is 2.32. The quantitative estimate of drug-likeness (QED) is 0.744. The van der Waals surface area contributed by atoms with Crippen LogP contribution in [0.5, 0.6) is 11.5 Å². The fourth-order valence-electron chi connectivity index (χ4n) is 3.14. The second kappa shape index (κ2) is 7.41. The Bertz CT molecular complexity index is 584. The van der Waals surface area contributed by atoms with Crippen molar-refractivity contribution in [3.63, 3.8) is 0 Å². The van der Waals surface area contributed by atoms with Crippen molar-refractivity contribution in [2.45, 2.75) is 45.1 Å². The average molecular weight is 341 g/mol. The second-order valence-corrected chi connectivity index (χ2v) is 6.38. The molecule has 0 spiro atoms. The van der Waals surface area contributed by atoms with Crippen molar-refractivity contribution in [1.29, 1.82) is 0 Å². The van der Waals surface area contributed by atoms with Crippen LogP contribution >= 0.6 is 11.6 Å². The van der Waals surface area contributed by atoms with E-state index in [1.165, 1.54) is 7.11 Å². The average Bonchev–Trinajstić information content (AvgIpc) is 3.03. The van der Waals surface area contributed by atoms with Gasteiger partial charge in [-0.05, 0) is 43.9 Å². The van der Waals surface area contributed by atoms with Crippen molar-refractivity contribution in [2.75, 3.05) is 20.2 Å². The number of carbonyl (C=O) groups excluding carboxylic acids is 1. The molecule has 1 saturated heterocycles. The van der Waals surface area contributed by atoms with Gasteiger partial charge in [0.05, 0.1) is 12.1 Å². The number of ether oxygens (including phenoxy) is 1. The molecule has 1 aliphatic rings. The molecule has 0 aliphatic carbocycles. The molecule has 0 aromatic heterocycles. The molecule has 128 valence electrons. The van der Waals surface area contributed by atoms with E-state index in [-0.39, 0.29) is 28.5 Å². The summed E-state index contributed by atoms with van der Waals surface area (Å²) >= 11 is 6.18. The number of aryl methyl sites for hydroxylation is 1. The minimum atomic E-state index is -0.363. The zero-order valence-corrected chi connectivity index (χ0v) is 14.7. The van der Waals surface area contributed by atoms with E-state index < -0.39 is 0 Å². The topological polar surface area (TPSA) is 70.6 Å². The van der Waals surface area contributed by atoms with E-state index in [1.807, 2.05) is 6.92 Å². The van der Waals surface area contributed by atoms with Crippen LogP contribution in [0.3, 0.4) is 0 Å². The van der Waals surface area contributed by atoms with Gasteiger partial charge in [-0.3, -0.25) is 4.79 Å². The molecule has 0 unspecified atom stereocenters. The van der Waals surface area contributed by atoms with Gasteiger partial charge in [-0.2, -0.15) is 0 Å². The molecule has 0 bridgehead atoms. The number of benzene rings is 1. The van der Waals surface area contributed by atoms with E-state index in [1.54, 1.807) is 6.07 Å². The van der Waals surface area contributed by atoms with Crippen LogP contribution in [0, 0.1) is 0 Å². The van der Waals surface area contributed by atoms with Gasteiger partial charge in [0, 0.05) is 12.1 Å². The number of carbonyl (C=O) groups is 1. The number of halogens is 1. The largest absolute Gasteiger partial charge is 0.507 e. The van der Waals surface area contributed by atoms with Crippen LogP contribution in [0.25, 0.3) is 0 Å². The Labute approximate surface area is 142 Å². The van der Waals surface area contributed by atoms with Crippen molar-refractivity contribution in [3.05, 3.63) is 22.2 Å². The predicted molar refractivity (Wildman–Crippen MR) is 91.6 cm³/mol. The van der Waals surface area contributed by atoms with Gasteiger partial charge in [0.1, 0.15) is 11.3 Å². The molecule has 3 N–H and O–H groups in total. The van der Waals surface area contributed by atoms with Crippen molar-refractivity contribution in [1.82, 2.24) is 10.6 Å². The van der Waals surface area contributed by atoms with E-state index in [0.717, 1.165) is 25.8 Å². The lowest BCUT2D eigenvalue weighted by Gasteiger charge is -2.28. The van der Waals surface area contributed by atoms with Crippen LogP contribution < -0.4 is 15.4 Å². The Kier molecular flexibility index (Phi) is 5.76. The molecule has 1 aromatic rings. The van der Waals surface area contributed by atoms with Crippen LogP contribution in [-0.2, 0) is 6.42 Å². The third-order valence-corrected chi connectivity index (χ3v) is 4.97. The molecule has 5 nitrogen and oxygen atoms in total. The van der Waals surface area contributed by atoms with Gasteiger partial charge in [0.2, 0.25) is 0 Å². The number of amides is 1. The molecule has 1 amide bonds. The van der Waals surface area contributed by atoms with Crippen LogP contribution in [0.4, 0.5) is 0 Å². The van der Waals surface area contributed by atoms with Gasteiger partial charge in [-0.25, -0.2) is 0 Å². The molecule has 0 radical (unpaired) electrons. The van der Waals surface area contributed by atoms with Gasteiger partial charge < -0.3 is 20.5 Å². The van der Waals surface area contributed by atoms with Gasteiger partial charge in [-0.15, -0.1) is 0 Å². The maximum Gasteiger partial charge on any atom is 0.258 e. The SMILES string of the molecule is CCc1cc(Cl)c(OC)c(C(=O)NC[C@]2(CC)CCCN2)c1O. The van der Waals surface area contributed by atoms with Crippen LogP contribution in [-0.4, -0.2) is 36.8 Å². The van der Waals surface area contributed by atoms with Crippen LogP contribution in [0.1, 0.15) is 49.0 Å². The van der Waals surface area contributed by atoms with Gasteiger partial charge in [0.25, 0.3) is 5.91 Å². The fraction of sp³-hybridized carbons (Fsp3) is 0.588. The van der Waals surface area contributed by atoms with E-state index in [2.05, 4.69) is 17.6 Å². The van der Waals surface area contributed by atoms with E-state index >= 15 is 0 Å². The van der Waals surface area contributed by atoms with E-state index in [4.69, 9.17) is 16.3 Å². The number of phenols is 1. The maximum atomic E-state index is 12.6. The number of nitrogens with one attached hydrogen (secondary N) is 2. The highest BCUT2D eigenvalue weighted by atomic mass is 35.5. The highest BCUT2D eigenvalue weighted by Crippen LogP contribution is 2.38. The zero-order valence-electron chi connectivity index (χ0n) is 14.0. The molecule has 1 fully saturated rings. The Morgan fingerprint density at radius 3 is 2.78 bits per heavy atom. The summed E-state index contributed by atoms with van der Waals surface area (Å²) in [4.78, 5) is 12.6. The number of methoxy groups -OCH3 is 1. The number of hydrogen-bond acceptors (Lipinski definition) is 4. The smallest absolute Gasteiger partial charge is 0.258 e. The maximum absolute atomic E-state index is 12.6. The predicted octanol–water partition coefficient (Wildman–Crippen LogP) is 2.88. The molecular formula is C17H25ClN2O3. The first kappa shape index (κ1) is 17.9. The standard InChI is InChI=1S/C17H25ClN2O3/c1-4-11-9-12(18)15(23-3)13(14(11)21)16(22)19-10-17(5-2)7-6-8-20-17/h9,20-21H,4-8,10H2,1-3H3,(H,19,22)/t17-/m0/s1. The number of phenolic OH excluding ortho intramolecular Hbond substituents is 1. The minimum absolute atomic E-state index is 0.0591. The van der Waals surface area contributed by atoms with Crippen molar-refractivity contribution in [3.8, 4) is 11.5 Å². The minimum Gasteiger partial charge on any atom is -0.507 e. The lowest BCUT2D eigenvalue weighted by molar-refractivity contribution is 0.0934. The highest BCUT2D eigenvalue weighted by molar-refractivity contribution is 6.33. The summed E-state index contributed by atoms with van der Waals surface area (Å²) in [6.07, 6.45) is 3.65. The summed E-state index contributed by atoms with van der Waals surface area (Å²) in [5.74, 6) is -0.210. The van der Waals surface area contributed by atoms with Crippen molar-refractivity contribution in [2.24, 2.45) is 0 Å². The third-order valence-electron chi connectivity index (χ3n) is 4.69. The summed E-state index contributed by atoms with van der Waals surface area (Å²) in [7, 11) is 1.44. The Morgan fingerprint density at radius 2 is 2.26 bits per heavy atom. The molecule has 0 saturated carbocycles. The first-order valence-electron chi connectivity index (χ1n) is 8.09. The third kappa shape index (κ3) is 3.56. The molecular weight excluding hydrogens is 316 g/mol. The van der Waals surface area contributed by atoms with Crippen molar-refractivity contribution < 1.29 is 14.6 Å². The lowest BCUT2D eigenvalue weighted by atomic mass is 9.94. The fourth-order valence-corrected chi connectivity index (χ4v) is 3.44. The number of rotatable bonds is 6. The molecule has 1 aromatic carbocycles. The Hall–Kier alpha value is -1.46. The Morgan fingerprint density at radius 1 is 1.52 bits per heavy atom. The molecule has 6 heteroatoms. The summed E-state index contributed by atoms with van der Waals surface area (Å²) in [5, 5.41) is 17.1. The van der Waals surface area contributed by atoms with Crippen LogP contribution in [0.2, 0.25) is 5.02 Å². The van der Waals surface area contributed by atoms with Crippen LogP contribution in [0.15, 0.2) is 6.07 Å².